The van der Waals surface area contributed by atoms with E-state index in [0.29, 0.717) is 30.1 Å². The van der Waals surface area contributed by atoms with Gasteiger partial charge < -0.3 is 33.5 Å². The number of likely N-dealkylation sites (N-methyl/N-ethyl adjacent to an activating group) is 1. The Hall–Kier alpha value is -4.41. The smallest absolute Gasteiger partial charge is 0.310 e. The molecule has 0 aliphatic carbocycles. The van der Waals surface area contributed by atoms with Crippen LogP contribution in [0.1, 0.15) is 72.6 Å². The molecule has 0 radical (unpaired) electrons. The third kappa shape index (κ3) is 8.13. The van der Waals surface area contributed by atoms with Crippen LogP contribution in [0.15, 0.2) is 65.7 Å². The Labute approximate surface area is 296 Å². The molecule has 268 valence electrons. The second-order valence-electron chi connectivity index (χ2n) is 13.4. The van der Waals surface area contributed by atoms with Crippen molar-refractivity contribution in [3.8, 4) is 17.2 Å². The highest BCUT2D eigenvalue weighted by Crippen LogP contribution is 2.39. The van der Waals surface area contributed by atoms with E-state index < -0.39 is 0 Å². The van der Waals surface area contributed by atoms with Crippen LogP contribution in [0, 0.1) is 0 Å². The number of hydrogen-bond donors (Lipinski definition) is 0. The lowest BCUT2D eigenvalue weighted by molar-refractivity contribution is -0.143. The number of hydrogen-bond acceptors (Lipinski definition) is 9. The molecule has 0 saturated carbocycles. The monoisotopic (exact) mass is 685 g/mol. The zero-order valence-corrected chi connectivity index (χ0v) is 30.6. The minimum absolute atomic E-state index is 0.0256. The number of methoxy groups -OCH3 is 3. The van der Waals surface area contributed by atoms with Gasteiger partial charge in [0.2, 0.25) is 0 Å². The molecule has 2 aliphatic heterocycles. The van der Waals surface area contributed by atoms with Crippen LogP contribution in [0.3, 0.4) is 0 Å². The van der Waals surface area contributed by atoms with Gasteiger partial charge in [-0.2, -0.15) is 0 Å². The molecule has 5 rings (SSSR count). The summed E-state index contributed by atoms with van der Waals surface area (Å²) >= 11 is 0. The van der Waals surface area contributed by atoms with Gasteiger partial charge in [0.25, 0.3) is 5.91 Å². The summed E-state index contributed by atoms with van der Waals surface area (Å²) in [4.78, 5) is 36.0. The van der Waals surface area contributed by atoms with E-state index in [1.165, 1.54) is 5.56 Å². The fourth-order valence-corrected chi connectivity index (χ4v) is 7.18. The molecule has 2 aliphatic rings. The van der Waals surface area contributed by atoms with E-state index in [2.05, 4.69) is 24.1 Å². The molecule has 1 fully saturated rings. The number of fused-ring (bicyclic) bond motifs is 3. The number of benzene rings is 3. The van der Waals surface area contributed by atoms with E-state index in [-0.39, 0.29) is 55.1 Å². The Kier molecular flexibility index (Phi) is 12.2. The highest BCUT2D eigenvalue weighted by Gasteiger charge is 2.41. The van der Waals surface area contributed by atoms with Gasteiger partial charge in [-0.3, -0.25) is 14.6 Å². The molecule has 0 spiro atoms. The van der Waals surface area contributed by atoms with Gasteiger partial charge in [-0.25, -0.2) is 0 Å². The first kappa shape index (κ1) is 36.9. The average molecular weight is 686 g/mol. The van der Waals surface area contributed by atoms with Crippen molar-refractivity contribution in [2.24, 2.45) is 4.99 Å². The lowest BCUT2D eigenvalue weighted by atomic mass is 9.78. The van der Waals surface area contributed by atoms with Crippen molar-refractivity contribution in [1.29, 1.82) is 0 Å². The summed E-state index contributed by atoms with van der Waals surface area (Å²) in [6.45, 7) is 10.5. The van der Waals surface area contributed by atoms with E-state index in [1.807, 2.05) is 69.0 Å². The number of ether oxygens (including phenoxy) is 5. The Morgan fingerprint density at radius 3 is 2.34 bits per heavy atom. The number of aliphatic imine (C=N–C) groups is 1. The van der Waals surface area contributed by atoms with E-state index in [1.54, 1.807) is 33.5 Å². The Balaban J connectivity index is 1.28. The lowest BCUT2D eigenvalue weighted by Gasteiger charge is -2.43. The van der Waals surface area contributed by atoms with Crippen molar-refractivity contribution in [1.82, 2.24) is 9.80 Å². The number of rotatable bonds is 14. The first-order valence-electron chi connectivity index (χ1n) is 17.4. The minimum Gasteiger partial charge on any atom is -0.494 e. The number of amides is 1. The maximum atomic E-state index is 13.9. The lowest BCUT2D eigenvalue weighted by Crippen LogP contribution is -2.51. The van der Waals surface area contributed by atoms with Crippen molar-refractivity contribution in [3.05, 3.63) is 88.5 Å². The highest BCUT2D eigenvalue weighted by molar-refractivity contribution is 6.15. The number of nitrogens with zero attached hydrogens (tertiary/aromatic N) is 3. The van der Waals surface area contributed by atoms with Crippen LogP contribution in [0.5, 0.6) is 17.2 Å². The van der Waals surface area contributed by atoms with Gasteiger partial charge in [0.1, 0.15) is 5.75 Å². The van der Waals surface area contributed by atoms with Crippen molar-refractivity contribution < 1.29 is 33.3 Å². The average Bonchev–Trinajstić information content (AvgIpc) is 3.11. The molecule has 2 heterocycles. The predicted octanol–water partition coefficient (Wildman–Crippen LogP) is 5.78. The summed E-state index contributed by atoms with van der Waals surface area (Å²) in [6, 6.07) is 19.1. The molecule has 0 bridgehead atoms. The summed E-state index contributed by atoms with van der Waals surface area (Å²) < 4.78 is 28.0. The molecule has 1 amide bonds. The van der Waals surface area contributed by atoms with Crippen molar-refractivity contribution in [2.75, 3.05) is 54.7 Å². The van der Waals surface area contributed by atoms with Crippen LogP contribution in [-0.4, -0.2) is 106 Å². The summed E-state index contributed by atoms with van der Waals surface area (Å²) in [7, 11) is 7.01. The first-order chi connectivity index (χ1) is 24.1. The fraction of sp³-hybridized carbons (Fsp3) is 0.475. The zero-order chi connectivity index (χ0) is 35.9. The Morgan fingerprint density at radius 2 is 1.68 bits per heavy atom. The van der Waals surface area contributed by atoms with E-state index in [9.17, 15) is 9.59 Å². The quantitative estimate of drug-likeness (QED) is 0.197. The normalized spacial score (nSPS) is 19.1. The van der Waals surface area contributed by atoms with Crippen LogP contribution in [-0.2, 0) is 20.7 Å². The molecule has 10 heteroatoms. The number of carbonyl (C=O) groups is 2. The SMILES string of the molecule is CCOc1ccc2c(c1)[C@H]1CN(C)CC(OC)[C@@H]1N=C2c1ccc(C(=O)N(C(C)C)C(C)CCOC(=O)Cc2ccc(OC)c(OC)c2)cc1. The maximum Gasteiger partial charge on any atom is 0.310 e. The van der Waals surface area contributed by atoms with Crippen LogP contribution in [0.2, 0.25) is 0 Å². The Bertz CT molecular complexity index is 1670. The molecule has 10 nitrogen and oxygen atoms in total. The molecule has 50 heavy (non-hydrogen) atoms. The fourth-order valence-electron chi connectivity index (χ4n) is 7.18. The topological polar surface area (TPSA) is 99.1 Å². The van der Waals surface area contributed by atoms with E-state index in [4.69, 9.17) is 28.7 Å². The third-order valence-electron chi connectivity index (χ3n) is 9.63. The first-order valence-corrected chi connectivity index (χ1v) is 17.4. The van der Waals surface area contributed by atoms with E-state index >= 15 is 0 Å². The third-order valence-corrected chi connectivity index (χ3v) is 9.63. The molecule has 1 saturated heterocycles. The summed E-state index contributed by atoms with van der Waals surface area (Å²) in [6.07, 6.45) is 0.585. The van der Waals surface area contributed by atoms with E-state index in [0.717, 1.165) is 41.2 Å². The number of esters is 1. The van der Waals surface area contributed by atoms with Crippen LogP contribution < -0.4 is 14.2 Å². The van der Waals surface area contributed by atoms with Gasteiger partial charge >= 0.3 is 5.97 Å². The predicted molar refractivity (Wildman–Crippen MR) is 194 cm³/mol. The van der Waals surface area contributed by atoms with Gasteiger partial charge in [-0.05, 0) is 88.3 Å². The molecular weight excluding hydrogens is 634 g/mol. The summed E-state index contributed by atoms with van der Waals surface area (Å²) in [5.41, 5.74) is 5.50. The van der Waals surface area contributed by atoms with Gasteiger partial charge in [0, 0.05) is 61.3 Å². The molecule has 4 atom stereocenters. The van der Waals surface area contributed by atoms with Gasteiger partial charge in [-0.1, -0.05) is 18.2 Å². The molecule has 3 aromatic carbocycles. The molecule has 3 aromatic rings. The minimum atomic E-state index is -0.341. The van der Waals surface area contributed by atoms with Crippen LogP contribution in [0.4, 0.5) is 0 Å². The number of piperidine rings is 1. The Morgan fingerprint density at radius 1 is 0.940 bits per heavy atom. The molecule has 2 unspecified atom stereocenters. The largest absolute Gasteiger partial charge is 0.494 e. The number of likely N-dealkylation sites (tertiary alicyclic amines) is 1. The van der Waals surface area contributed by atoms with Crippen LogP contribution >= 0.6 is 0 Å². The molecular formula is C40H51N3O7. The maximum absolute atomic E-state index is 13.9. The second kappa shape index (κ2) is 16.5. The highest BCUT2D eigenvalue weighted by atomic mass is 16.5. The van der Waals surface area contributed by atoms with Crippen molar-refractivity contribution >= 4 is 17.6 Å². The van der Waals surface area contributed by atoms with Gasteiger partial charge in [0.15, 0.2) is 11.5 Å². The second-order valence-corrected chi connectivity index (χ2v) is 13.4. The number of carbonyl (C=O) groups excluding carboxylic acids is 2. The standard InChI is InChI=1S/C40H51N3O7/c1-9-49-30-15-16-31-32(22-30)33-23-42(5)24-36(48-8)39(33)41-38(31)28-11-13-29(14-12-28)40(45)43(25(2)3)26(4)18-19-50-37(44)21-27-10-17-34(46-6)35(20-27)47-7/h10-17,20,22,25-26,33,36,39H,9,18-19,21,23-24H2,1-8H3/t26?,33-,36?,39-/m1/s1. The summed E-state index contributed by atoms with van der Waals surface area (Å²) in [5, 5.41) is 0. The van der Waals surface area contributed by atoms with Crippen LogP contribution in [0.25, 0.3) is 0 Å². The molecule has 0 aromatic heterocycles. The van der Waals surface area contributed by atoms with Gasteiger partial charge in [0.05, 0.1) is 51.7 Å². The molecule has 0 N–H and O–H groups in total. The van der Waals surface area contributed by atoms with Crippen molar-refractivity contribution in [3.63, 3.8) is 0 Å². The van der Waals surface area contributed by atoms with Gasteiger partial charge in [-0.15, -0.1) is 0 Å². The summed E-state index contributed by atoms with van der Waals surface area (Å²) in [5.74, 6) is 1.78. The zero-order valence-electron chi connectivity index (χ0n) is 30.6. The van der Waals surface area contributed by atoms with Crippen molar-refractivity contribution in [2.45, 2.75) is 70.7 Å².